The average Bonchev–Trinajstić information content (AvgIpc) is 3.27. The minimum Gasteiger partial charge on any atom is -0.347 e. The van der Waals surface area contributed by atoms with Crippen LogP contribution in [-0.2, 0) is 0 Å². The van der Waals surface area contributed by atoms with Crippen molar-refractivity contribution in [3.05, 3.63) is 40.2 Å². The van der Waals surface area contributed by atoms with Gasteiger partial charge in [-0.3, -0.25) is 4.79 Å². The molecule has 0 aliphatic heterocycles. The molecule has 110 valence electrons. The van der Waals surface area contributed by atoms with Crippen LogP contribution in [-0.4, -0.2) is 23.5 Å². The van der Waals surface area contributed by atoms with E-state index in [-0.39, 0.29) is 11.9 Å². The Balaban J connectivity index is 1.86. The third-order valence-corrected chi connectivity index (χ3v) is 4.72. The summed E-state index contributed by atoms with van der Waals surface area (Å²) >= 11 is 1.44. The van der Waals surface area contributed by atoms with Crippen LogP contribution in [0.15, 0.2) is 30.3 Å². The molecule has 1 fully saturated rings. The van der Waals surface area contributed by atoms with Crippen LogP contribution in [0, 0.1) is 12.8 Å². The molecule has 1 atom stereocenters. The first-order valence-electron chi connectivity index (χ1n) is 7.23. The molecule has 1 aliphatic carbocycles. The zero-order valence-electron chi connectivity index (χ0n) is 12.0. The Labute approximate surface area is 128 Å². The molecule has 0 saturated heterocycles. The van der Waals surface area contributed by atoms with Crippen molar-refractivity contribution in [1.82, 2.24) is 10.3 Å². The minimum absolute atomic E-state index is 0.0539. The summed E-state index contributed by atoms with van der Waals surface area (Å²) in [5.41, 5.74) is 7.51. The highest BCUT2D eigenvalue weighted by Crippen LogP contribution is 2.33. The number of aromatic nitrogens is 1. The van der Waals surface area contributed by atoms with E-state index in [4.69, 9.17) is 5.73 Å². The van der Waals surface area contributed by atoms with Crippen LogP contribution in [0.25, 0.3) is 11.3 Å². The third kappa shape index (κ3) is 3.14. The van der Waals surface area contributed by atoms with Crippen molar-refractivity contribution in [2.75, 3.05) is 6.54 Å². The predicted octanol–water partition coefficient (Wildman–Crippen LogP) is 2.59. The number of amides is 1. The van der Waals surface area contributed by atoms with E-state index in [0.29, 0.717) is 17.3 Å². The van der Waals surface area contributed by atoms with Crippen LogP contribution in [0.5, 0.6) is 0 Å². The number of hydrogen-bond donors (Lipinski definition) is 2. The number of benzene rings is 1. The Morgan fingerprint density at radius 1 is 1.43 bits per heavy atom. The second-order valence-electron chi connectivity index (χ2n) is 5.43. The molecule has 1 unspecified atom stereocenters. The smallest absolute Gasteiger partial charge is 0.263 e. The van der Waals surface area contributed by atoms with Crippen molar-refractivity contribution in [3.8, 4) is 11.3 Å². The van der Waals surface area contributed by atoms with Crippen LogP contribution in [0.4, 0.5) is 0 Å². The van der Waals surface area contributed by atoms with Crippen molar-refractivity contribution in [1.29, 1.82) is 0 Å². The van der Waals surface area contributed by atoms with Gasteiger partial charge in [0, 0.05) is 18.2 Å². The maximum absolute atomic E-state index is 12.6. The standard InChI is InChI=1S/C16H19N3OS/c1-10-18-14(12-5-3-2-4-6-12)15(21-10)16(20)19-13(9-17)11-7-8-11/h2-6,11,13H,7-9,17H2,1H3,(H,19,20). The summed E-state index contributed by atoms with van der Waals surface area (Å²) in [6, 6.07) is 9.92. The lowest BCUT2D eigenvalue weighted by molar-refractivity contribution is 0.0938. The Hall–Kier alpha value is -1.72. The summed E-state index contributed by atoms with van der Waals surface area (Å²) in [6.45, 7) is 2.42. The molecule has 21 heavy (non-hydrogen) atoms. The van der Waals surface area contributed by atoms with Crippen LogP contribution >= 0.6 is 11.3 Å². The number of nitrogens with zero attached hydrogens (tertiary/aromatic N) is 1. The molecular weight excluding hydrogens is 282 g/mol. The van der Waals surface area contributed by atoms with Gasteiger partial charge in [-0.25, -0.2) is 4.98 Å². The zero-order chi connectivity index (χ0) is 14.8. The summed E-state index contributed by atoms with van der Waals surface area (Å²) in [7, 11) is 0. The van der Waals surface area contributed by atoms with E-state index in [1.807, 2.05) is 37.3 Å². The largest absolute Gasteiger partial charge is 0.347 e. The van der Waals surface area contributed by atoms with E-state index in [1.165, 1.54) is 11.3 Å². The van der Waals surface area contributed by atoms with Gasteiger partial charge in [-0.2, -0.15) is 0 Å². The fourth-order valence-corrected chi connectivity index (χ4v) is 3.32. The molecule has 0 bridgehead atoms. The lowest BCUT2D eigenvalue weighted by Gasteiger charge is -2.15. The van der Waals surface area contributed by atoms with E-state index < -0.39 is 0 Å². The first kappa shape index (κ1) is 14.2. The number of carbonyl (C=O) groups is 1. The van der Waals surface area contributed by atoms with Crippen molar-refractivity contribution >= 4 is 17.2 Å². The van der Waals surface area contributed by atoms with Crippen LogP contribution < -0.4 is 11.1 Å². The van der Waals surface area contributed by atoms with Gasteiger partial charge in [-0.05, 0) is 25.7 Å². The summed E-state index contributed by atoms with van der Waals surface area (Å²) in [5.74, 6) is 0.495. The van der Waals surface area contributed by atoms with Gasteiger partial charge < -0.3 is 11.1 Å². The molecule has 4 nitrogen and oxygen atoms in total. The number of carbonyl (C=O) groups excluding carboxylic acids is 1. The highest BCUT2D eigenvalue weighted by molar-refractivity contribution is 7.14. The molecule has 3 N–H and O–H groups in total. The predicted molar refractivity (Wildman–Crippen MR) is 85.3 cm³/mol. The van der Waals surface area contributed by atoms with Gasteiger partial charge in [0.05, 0.1) is 10.7 Å². The molecule has 2 aromatic rings. The molecule has 0 radical (unpaired) electrons. The highest BCUT2D eigenvalue weighted by Gasteiger charge is 2.32. The van der Waals surface area contributed by atoms with Crippen molar-refractivity contribution in [2.45, 2.75) is 25.8 Å². The van der Waals surface area contributed by atoms with Crippen molar-refractivity contribution in [2.24, 2.45) is 11.7 Å². The summed E-state index contributed by atoms with van der Waals surface area (Å²) in [4.78, 5) is 17.8. The molecule has 3 rings (SSSR count). The monoisotopic (exact) mass is 301 g/mol. The summed E-state index contributed by atoms with van der Waals surface area (Å²) < 4.78 is 0. The number of nitrogens with one attached hydrogen (secondary N) is 1. The summed E-state index contributed by atoms with van der Waals surface area (Å²) in [5, 5.41) is 3.97. The topological polar surface area (TPSA) is 68.0 Å². The zero-order valence-corrected chi connectivity index (χ0v) is 12.8. The van der Waals surface area contributed by atoms with Gasteiger partial charge in [0.1, 0.15) is 4.88 Å². The molecule has 1 aromatic heterocycles. The number of nitrogens with two attached hydrogens (primary N) is 1. The minimum atomic E-state index is -0.0539. The average molecular weight is 301 g/mol. The van der Waals surface area contributed by atoms with Gasteiger partial charge in [-0.15, -0.1) is 11.3 Å². The van der Waals surface area contributed by atoms with E-state index in [2.05, 4.69) is 10.3 Å². The number of thiazole rings is 1. The number of hydrogen-bond acceptors (Lipinski definition) is 4. The molecule has 1 amide bonds. The molecule has 5 heteroatoms. The molecule has 1 aliphatic rings. The van der Waals surface area contributed by atoms with Crippen LogP contribution in [0.2, 0.25) is 0 Å². The molecule has 1 heterocycles. The lowest BCUT2D eigenvalue weighted by atomic mass is 10.1. The molecule has 1 saturated carbocycles. The number of rotatable bonds is 5. The fourth-order valence-electron chi connectivity index (χ4n) is 2.47. The molecule has 1 aromatic carbocycles. The van der Waals surface area contributed by atoms with Crippen LogP contribution in [0.1, 0.15) is 27.5 Å². The maximum Gasteiger partial charge on any atom is 0.263 e. The van der Waals surface area contributed by atoms with Gasteiger partial charge in [0.2, 0.25) is 0 Å². The summed E-state index contributed by atoms with van der Waals surface area (Å²) in [6.07, 6.45) is 2.32. The second-order valence-corrected chi connectivity index (χ2v) is 6.63. The lowest BCUT2D eigenvalue weighted by Crippen LogP contribution is -2.41. The van der Waals surface area contributed by atoms with E-state index >= 15 is 0 Å². The second kappa shape index (κ2) is 5.95. The quantitative estimate of drug-likeness (QED) is 0.892. The van der Waals surface area contributed by atoms with Crippen molar-refractivity contribution < 1.29 is 4.79 Å². The first-order valence-corrected chi connectivity index (χ1v) is 8.04. The molecular formula is C16H19N3OS. The van der Waals surface area contributed by atoms with E-state index in [1.54, 1.807) is 0 Å². The number of aryl methyl sites for hydroxylation is 1. The Morgan fingerprint density at radius 3 is 2.76 bits per heavy atom. The molecule has 0 spiro atoms. The fraction of sp³-hybridized carbons (Fsp3) is 0.375. The highest BCUT2D eigenvalue weighted by atomic mass is 32.1. The normalized spacial score (nSPS) is 15.7. The van der Waals surface area contributed by atoms with Gasteiger partial charge in [0.25, 0.3) is 5.91 Å². The van der Waals surface area contributed by atoms with Crippen molar-refractivity contribution in [3.63, 3.8) is 0 Å². The first-order chi connectivity index (χ1) is 10.2. The Bertz CT molecular complexity index is 634. The van der Waals surface area contributed by atoms with Gasteiger partial charge in [0.15, 0.2) is 0 Å². The van der Waals surface area contributed by atoms with E-state index in [0.717, 1.165) is 29.1 Å². The third-order valence-electron chi connectivity index (χ3n) is 3.75. The Kier molecular flexibility index (Phi) is 4.03. The van der Waals surface area contributed by atoms with E-state index in [9.17, 15) is 4.79 Å². The SMILES string of the molecule is Cc1nc(-c2ccccc2)c(C(=O)NC(CN)C2CC2)s1. The van der Waals surface area contributed by atoms with Gasteiger partial charge in [-0.1, -0.05) is 30.3 Å². The Morgan fingerprint density at radius 2 is 2.14 bits per heavy atom. The van der Waals surface area contributed by atoms with Gasteiger partial charge >= 0.3 is 0 Å². The maximum atomic E-state index is 12.6. The van der Waals surface area contributed by atoms with Crippen LogP contribution in [0.3, 0.4) is 0 Å².